The molecule has 0 aliphatic heterocycles. The summed E-state index contributed by atoms with van der Waals surface area (Å²) in [5, 5.41) is 3.36. The predicted molar refractivity (Wildman–Crippen MR) is 75.6 cm³/mol. The maximum atomic E-state index is 12.1. The molecule has 1 aliphatic rings. The Morgan fingerprint density at radius 2 is 1.83 bits per heavy atom. The summed E-state index contributed by atoms with van der Waals surface area (Å²) >= 11 is 0. The zero-order valence-electron chi connectivity index (χ0n) is 12.6. The number of carbonyl (C=O) groups is 1. The Bertz CT molecular complexity index is 262. The number of amides is 1. The zero-order valence-corrected chi connectivity index (χ0v) is 12.6. The van der Waals surface area contributed by atoms with Gasteiger partial charge in [0.25, 0.3) is 0 Å². The Morgan fingerprint density at radius 3 is 2.28 bits per heavy atom. The molecule has 106 valence electrons. The lowest BCUT2D eigenvalue weighted by Crippen LogP contribution is -2.48. The summed E-state index contributed by atoms with van der Waals surface area (Å²) in [6.45, 7) is 10.7. The summed E-state index contributed by atoms with van der Waals surface area (Å²) in [7, 11) is 2.18. The van der Waals surface area contributed by atoms with Crippen molar-refractivity contribution < 1.29 is 4.79 Å². The Labute approximate surface area is 112 Å². The Kier molecular flexibility index (Phi) is 6.09. The van der Waals surface area contributed by atoms with Crippen LogP contribution in [0.4, 0.5) is 0 Å². The molecule has 1 amide bonds. The molecule has 4 heteroatoms. The molecule has 2 atom stereocenters. The van der Waals surface area contributed by atoms with E-state index in [-0.39, 0.29) is 11.9 Å². The smallest absolute Gasteiger partial charge is 0.239 e. The molecule has 1 aliphatic carbocycles. The molecule has 0 radical (unpaired) electrons. The first-order valence-corrected chi connectivity index (χ1v) is 7.25. The van der Waals surface area contributed by atoms with Gasteiger partial charge in [0.1, 0.15) is 0 Å². The van der Waals surface area contributed by atoms with Gasteiger partial charge in [-0.25, -0.2) is 0 Å². The van der Waals surface area contributed by atoms with Crippen molar-refractivity contribution in [2.24, 2.45) is 0 Å². The highest BCUT2D eigenvalue weighted by molar-refractivity contribution is 5.81. The fourth-order valence-corrected chi connectivity index (χ4v) is 2.23. The molecule has 4 nitrogen and oxygen atoms in total. The van der Waals surface area contributed by atoms with Crippen LogP contribution in [0.5, 0.6) is 0 Å². The predicted octanol–water partition coefficient (Wildman–Crippen LogP) is 1.32. The highest BCUT2D eigenvalue weighted by Gasteiger charge is 2.29. The Morgan fingerprint density at radius 1 is 1.28 bits per heavy atom. The number of nitrogens with one attached hydrogen (secondary N) is 1. The minimum atomic E-state index is -0.0834. The molecule has 2 unspecified atom stereocenters. The molecule has 1 fully saturated rings. The van der Waals surface area contributed by atoms with Crippen LogP contribution in [0, 0.1) is 0 Å². The van der Waals surface area contributed by atoms with E-state index in [9.17, 15) is 4.79 Å². The lowest BCUT2D eigenvalue weighted by molar-refractivity contribution is -0.132. The van der Waals surface area contributed by atoms with Gasteiger partial charge in [0.05, 0.1) is 6.04 Å². The van der Waals surface area contributed by atoms with Crippen molar-refractivity contribution in [1.29, 1.82) is 0 Å². The fraction of sp³-hybridized carbons (Fsp3) is 0.929. The number of carbonyl (C=O) groups excluding carboxylic acids is 1. The van der Waals surface area contributed by atoms with Crippen molar-refractivity contribution in [3.8, 4) is 0 Å². The SMILES string of the molecule is CCN(CC)C(=O)C(C)NCC(C)N(C)C1CC1. The molecule has 0 aromatic heterocycles. The maximum absolute atomic E-state index is 12.1. The van der Waals surface area contributed by atoms with Gasteiger partial charge in [-0.05, 0) is 47.6 Å². The number of rotatable bonds is 8. The van der Waals surface area contributed by atoms with E-state index in [0.717, 1.165) is 25.7 Å². The van der Waals surface area contributed by atoms with Crippen molar-refractivity contribution in [2.75, 3.05) is 26.7 Å². The second kappa shape index (κ2) is 7.10. The van der Waals surface area contributed by atoms with Gasteiger partial charge in [-0.3, -0.25) is 9.69 Å². The van der Waals surface area contributed by atoms with Crippen LogP contribution >= 0.6 is 0 Å². The molecular formula is C14H29N3O. The van der Waals surface area contributed by atoms with Crippen molar-refractivity contribution in [3.63, 3.8) is 0 Å². The van der Waals surface area contributed by atoms with Crippen LogP contribution in [-0.4, -0.2) is 60.5 Å². The molecule has 1 rings (SSSR count). The Balaban J connectivity index is 2.30. The third-order valence-electron chi connectivity index (χ3n) is 3.98. The normalized spacial score (nSPS) is 18.8. The largest absolute Gasteiger partial charge is 0.342 e. The third kappa shape index (κ3) is 4.25. The van der Waals surface area contributed by atoms with E-state index in [4.69, 9.17) is 0 Å². The molecule has 18 heavy (non-hydrogen) atoms. The van der Waals surface area contributed by atoms with Crippen molar-refractivity contribution >= 4 is 5.91 Å². The van der Waals surface area contributed by atoms with Crippen molar-refractivity contribution in [3.05, 3.63) is 0 Å². The monoisotopic (exact) mass is 255 g/mol. The van der Waals surface area contributed by atoms with E-state index >= 15 is 0 Å². The maximum Gasteiger partial charge on any atom is 0.239 e. The summed E-state index contributed by atoms with van der Waals surface area (Å²) in [6.07, 6.45) is 2.66. The van der Waals surface area contributed by atoms with Crippen LogP contribution < -0.4 is 5.32 Å². The molecular weight excluding hydrogens is 226 g/mol. The van der Waals surface area contributed by atoms with E-state index in [1.807, 2.05) is 25.7 Å². The van der Waals surface area contributed by atoms with Crippen LogP contribution in [0.25, 0.3) is 0 Å². The van der Waals surface area contributed by atoms with Gasteiger partial charge in [0, 0.05) is 31.7 Å². The van der Waals surface area contributed by atoms with E-state index in [2.05, 4.69) is 24.2 Å². The Hall–Kier alpha value is -0.610. The molecule has 0 heterocycles. The van der Waals surface area contributed by atoms with Crippen LogP contribution in [0.15, 0.2) is 0 Å². The fourth-order valence-electron chi connectivity index (χ4n) is 2.23. The highest BCUT2D eigenvalue weighted by atomic mass is 16.2. The van der Waals surface area contributed by atoms with Gasteiger partial charge in [0.15, 0.2) is 0 Å². The molecule has 0 aromatic carbocycles. The van der Waals surface area contributed by atoms with Gasteiger partial charge in [-0.1, -0.05) is 0 Å². The lowest BCUT2D eigenvalue weighted by Gasteiger charge is -2.28. The van der Waals surface area contributed by atoms with Crippen molar-refractivity contribution in [2.45, 2.75) is 58.7 Å². The zero-order chi connectivity index (χ0) is 13.7. The van der Waals surface area contributed by atoms with E-state index in [1.165, 1.54) is 12.8 Å². The number of nitrogens with zero attached hydrogens (tertiary/aromatic N) is 2. The molecule has 0 saturated heterocycles. The average Bonchev–Trinajstić information content (AvgIpc) is 3.20. The van der Waals surface area contributed by atoms with Crippen LogP contribution in [-0.2, 0) is 4.79 Å². The second-order valence-electron chi connectivity index (χ2n) is 5.39. The lowest BCUT2D eigenvalue weighted by atomic mass is 10.2. The summed E-state index contributed by atoms with van der Waals surface area (Å²) in [4.78, 5) is 16.4. The van der Waals surface area contributed by atoms with Gasteiger partial charge in [-0.15, -0.1) is 0 Å². The molecule has 0 aromatic rings. The van der Waals surface area contributed by atoms with Crippen LogP contribution in [0.1, 0.15) is 40.5 Å². The number of hydrogen-bond acceptors (Lipinski definition) is 3. The summed E-state index contributed by atoms with van der Waals surface area (Å²) in [5.41, 5.74) is 0. The first-order valence-electron chi connectivity index (χ1n) is 7.25. The first-order chi connectivity index (χ1) is 8.51. The molecule has 1 N–H and O–H groups in total. The van der Waals surface area contributed by atoms with E-state index in [1.54, 1.807) is 0 Å². The topological polar surface area (TPSA) is 35.6 Å². The molecule has 0 spiro atoms. The quantitative estimate of drug-likeness (QED) is 0.710. The standard InChI is InChI=1S/C14H29N3O/c1-6-17(7-2)14(18)12(4)15-10-11(3)16(5)13-8-9-13/h11-13,15H,6-10H2,1-5H3. The summed E-state index contributed by atoms with van der Waals surface area (Å²) < 4.78 is 0. The first kappa shape index (κ1) is 15.4. The summed E-state index contributed by atoms with van der Waals surface area (Å²) in [5.74, 6) is 0.210. The minimum absolute atomic E-state index is 0.0834. The highest BCUT2D eigenvalue weighted by Crippen LogP contribution is 2.26. The van der Waals surface area contributed by atoms with Crippen LogP contribution in [0.2, 0.25) is 0 Å². The number of hydrogen-bond donors (Lipinski definition) is 1. The number of likely N-dealkylation sites (N-methyl/N-ethyl adjacent to an activating group) is 2. The van der Waals surface area contributed by atoms with Gasteiger partial charge in [0.2, 0.25) is 5.91 Å². The van der Waals surface area contributed by atoms with E-state index < -0.39 is 0 Å². The van der Waals surface area contributed by atoms with Gasteiger partial charge >= 0.3 is 0 Å². The summed E-state index contributed by atoms with van der Waals surface area (Å²) in [6, 6.07) is 1.18. The van der Waals surface area contributed by atoms with Gasteiger partial charge in [-0.2, -0.15) is 0 Å². The molecule has 1 saturated carbocycles. The van der Waals surface area contributed by atoms with Gasteiger partial charge < -0.3 is 10.2 Å². The van der Waals surface area contributed by atoms with E-state index in [0.29, 0.717) is 6.04 Å². The molecule has 0 bridgehead atoms. The second-order valence-corrected chi connectivity index (χ2v) is 5.39. The minimum Gasteiger partial charge on any atom is -0.342 e. The third-order valence-corrected chi connectivity index (χ3v) is 3.98. The average molecular weight is 255 g/mol. The van der Waals surface area contributed by atoms with Crippen molar-refractivity contribution in [1.82, 2.24) is 15.1 Å². The van der Waals surface area contributed by atoms with Crippen LogP contribution in [0.3, 0.4) is 0 Å².